The number of hydrogen-bond acceptors (Lipinski definition) is 5. The predicted molar refractivity (Wildman–Crippen MR) is 237 cm³/mol. The molecule has 0 fully saturated rings. The summed E-state index contributed by atoms with van der Waals surface area (Å²) in [7, 11) is 0. The summed E-state index contributed by atoms with van der Waals surface area (Å²) in [5.41, 5.74) is 4.70. The molecule has 5 nitrogen and oxygen atoms in total. The van der Waals surface area contributed by atoms with Gasteiger partial charge in [0.25, 0.3) is 0 Å². The number of nitrogens with zero attached hydrogens (tertiary/aromatic N) is 3. The zero-order chi connectivity index (χ0) is 48.6. The van der Waals surface area contributed by atoms with E-state index in [-0.39, 0.29) is 51.5 Å². The van der Waals surface area contributed by atoms with Crippen molar-refractivity contribution in [2.45, 2.75) is 0 Å². The maximum Gasteiger partial charge on any atom is 0.164 e. The minimum atomic E-state index is -0.608. The van der Waals surface area contributed by atoms with Gasteiger partial charge in [-0.3, -0.25) is 0 Å². The van der Waals surface area contributed by atoms with Gasteiger partial charge in [-0.05, 0) is 74.6 Å². The topological polar surface area (TPSA) is 65.0 Å². The van der Waals surface area contributed by atoms with Crippen LogP contribution in [0.2, 0.25) is 0 Å². The van der Waals surface area contributed by atoms with Crippen molar-refractivity contribution in [1.29, 1.82) is 0 Å². The Labute approximate surface area is 349 Å². The Hall–Kier alpha value is -7.89. The van der Waals surface area contributed by atoms with Crippen LogP contribution in [0.1, 0.15) is 16.4 Å². The molecule has 0 amide bonds. The highest BCUT2D eigenvalue weighted by Crippen LogP contribution is 2.45. The van der Waals surface area contributed by atoms with Crippen LogP contribution in [0.3, 0.4) is 0 Å². The third-order valence-electron chi connectivity index (χ3n) is 10.4. The van der Waals surface area contributed by atoms with E-state index in [4.69, 9.17) is 37.5 Å². The average molecular weight is 754 g/mol. The summed E-state index contributed by atoms with van der Waals surface area (Å²) in [6.07, 6.45) is 0. The third kappa shape index (κ3) is 5.21. The van der Waals surface area contributed by atoms with Crippen molar-refractivity contribution in [3.8, 4) is 56.4 Å². The fourth-order valence-electron chi connectivity index (χ4n) is 7.79. The minimum absolute atomic E-state index is 0.00531. The SMILES string of the molecule is [2H]c1c([2H])c([2H])c(-c2ccc(-c3nc(-c4c([2H])c([2H])c5c([2H])c([2H])c([2H])c([2H])c5c4[2H])nc(-c4cc(-c5cc6ccccc6c6c5oc5ccccc56)cc5oc6ccccc6c45)n3)cc2)c([2H])c1[2H]. The van der Waals surface area contributed by atoms with E-state index >= 15 is 0 Å². The zero-order valence-corrected chi connectivity index (χ0v) is 30.1. The number of hydrogen-bond donors (Lipinski definition) is 0. The Balaban J connectivity index is 1.17. The number of fused-ring (bicyclic) bond motifs is 9. The second-order valence-electron chi connectivity index (χ2n) is 13.8. The monoisotopic (exact) mass is 753 g/mol. The molecule has 0 N–H and O–H groups in total. The molecule has 0 aliphatic heterocycles. The number of benzene rings is 9. The van der Waals surface area contributed by atoms with Crippen molar-refractivity contribution >= 4 is 65.4 Å². The van der Waals surface area contributed by atoms with Crippen LogP contribution >= 0.6 is 0 Å². The van der Waals surface area contributed by atoms with Gasteiger partial charge in [-0.1, -0.05) is 151 Å². The molecule has 3 heterocycles. The zero-order valence-electron chi connectivity index (χ0n) is 42.1. The molecule has 3 aromatic heterocycles. The summed E-state index contributed by atoms with van der Waals surface area (Å²) in [4.78, 5) is 14.9. The first-order valence-corrected chi connectivity index (χ1v) is 18.4. The van der Waals surface area contributed by atoms with Crippen LogP contribution in [0, 0.1) is 0 Å². The van der Waals surface area contributed by atoms with Crippen molar-refractivity contribution in [1.82, 2.24) is 15.0 Å². The summed E-state index contributed by atoms with van der Waals surface area (Å²) >= 11 is 0. The van der Waals surface area contributed by atoms with Crippen molar-refractivity contribution < 1.29 is 25.3 Å². The summed E-state index contributed by atoms with van der Waals surface area (Å²) in [6.45, 7) is 0. The third-order valence-corrected chi connectivity index (χ3v) is 10.4. The van der Waals surface area contributed by atoms with Crippen LogP contribution in [-0.2, 0) is 0 Å². The maximum absolute atomic E-state index is 9.48. The first-order chi connectivity index (χ1) is 33.7. The molecule has 0 aliphatic carbocycles. The lowest BCUT2D eigenvalue weighted by molar-refractivity contribution is 0.668. The van der Waals surface area contributed by atoms with E-state index < -0.39 is 60.4 Å². The van der Waals surface area contributed by atoms with Crippen molar-refractivity contribution in [2.75, 3.05) is 0 Å². The van der Waals surface area contributed by atoms with Gasteiger partial charge in [0, 0.05) is 43.8 Å². The van der Waals surface area contributed by atoms with Crippen molar-refractivity contribution in [3.05, 3.63) is 188 Å². The number of aromatic nitrogens is 3. The lowest BCUT2D eigenvalue weighted by Crippen LogP contribution is -2.01. The smallest absolute Gasteiger partial charge is 0.164 e. The summed E-state index contributed by atoms with van der Waals surface area (Å²) in [5, 5.41) is 4.65. The largest absolute Gasteiger partial charge is 0.456 e. The molecular weight excluding hydrogens is 711 g/mol. The molecule has 5 heteroatoms. The van der Waals surface area contributed by atoms with E-state index in [0.717, 1.165) is 32.5 Å². The van der Waals surface area contributed by atoms with E-state index in [0.29, 0.717) is 50.0 Å². The Bertz CT molecular complexity index is 4260. The fraction of sp³-hybridized carbons (Fsp3) is 0. The molecule has 0 unspecified atom stereocenters. The minimum Gasteiger partial charge on any atom is -0.456 e. The van der Waals surface area contributed by atoms with E-state index in [1.165, 1.54) is 0 Å². The highest BCUT2D eigenvalue weighted by atomic mass is 16.3. The van der Waals surface area contributed by atoms with E-state index in [1.807, 2.05) is 78.9 Å². The molecule has 0 atom stereocenters. The Morgan fingerprint density at radius 3 is 1.83 bits per heavy atom. The van der Waals surface area contributed by atoms with Crippen LogP contribution in [0.15, 0.2) is 197 Å². The van der Waals surface area contributed by atoms with Crippen LogP contribution < -0.4 is 0 Å². The summed E-state index contributed by atoms with van der Waals surface area (Å²) < 4.78 is 117. The molecular formula is C53H31N3O2. The van der Waals surface area contributed by atoms with Gasteiger partial charge in [0.15, 0.2) is 17.5 Å². The standard InChI is InChI=1S/C53H31N3O2/c1-2-12-32(13-3-1)34-22-25-35(26-23-34)51-54-52(38-27-24-33-14-4-5-15-36(33)28-38)56-53(55-51)44-30-39(31-47-48(44)41-18-8-10-20-45(41)57-47)43-29-37-16-6-7-17-40(37)49-42-19-9-11-21-46(42)58-50(43)49/h1-31H/i1D,2D,3D,4D,5D,12D,13D,14D,15D,24D,27D,28D. The number of rotatable bonds is 5. The van der Waals surface area contributed by atoms with Gasteiger partial charge in [0.2, 0.25) is 0 Å². The molecule has 0 saturated carbocycles. The van der Waals surface area contributed by atoms with E-state index in [1.54, 1.807) is 24.3 Å². The predicted octanol–water partition coefficient (Wildman–Crippen LogP) is 14.3. The molecule has 270 valence electrons. The first kappa shape index (κ1) is 22.6. The molecule has 0 spiro atoms. The molecule has 58 heavy (non-hydrogen) atoms. The normalized spacial score (nSPS) is 14.7. The summed E-state index contributed by atoms with van der Waals surface area (Å²) in [6, 6.07) is 29.5. The molecule has 9 aromatic carbocycles. The van der Waals surface area contributed by atoms with Crippen molar-refractivity contribution in [3.63, 3.8) is 0 Å². The van der Waals surface area contributed by atoms with Gasteiger partial charge >= 0.3 is 0 Å². The van der Waals surface area contributed by atoms with Gasteiger partial charge in [0.1, 0.15) is 22.3 Å². The Kier molecular flexibility index (Phi) is 5.00. The number of furan rings is 2. The molecule has 12 rings (SSSR count). The average Bonchev–Trinajstić information content (AvgIpc) is 3.96. The van der Waals surface area contributed by atoms with Gasteiger partial charge in [-0.2, -0.15) is 0 Å². The van der Waals surface area contributed by atoms with Gasteiger partial charge in [0.05, 0.1) is 16.4 Å². The highest BCUT2D eigenvalue weighted by molar-refractivity contribution is 6.23. The van der Waals surface area contributed by atoms with Gasteiger partial charge in [-0.15, -0.1) is 0 Å². The second kappa shape index (κ2) is 12.8. The second-order valence-corrected chi connectivity index (χ2v) is 13.8. The Morgan fingerprint density at radius 2 is 1.02 bits per heavy atom. The van der Waals surface area contributed by atoms with E-state index in [2.05, 4.69) is 12.1 Å². The lowest BCUT2D eigenvalue weighted by atomic mass is 9.94. The van der Waals surface area contributed by atoms with Gasteiger partial charge in [-0.25, -0.2) is 15.0 Å². The van der Waals surface area contributed by atoms with Crippen molar-refractivity contribution in [2.24, 2.45) is 0 Å². The molecule has 0 saturated heterocycles. The van der Waals surface area contributed by atoms with Crippen LogP contribution in [0.25, 0.3) is 122 Å². The maximum atomic E-state index is 9.48. The van der Waals surface area contributed by atoms with Crippen LogP contribution in [-0.4, -0.2) is 15.0 Å². The first-order valence-electron chi connectivity index (χ1n) is 24.4. The molecule has 12 aromatic rings. The highest BCUT2D eigenvalue weighted by Gasteiger charge is 2.22. The summed E-state index contributed by atoms with van der Waals surface area (Å²) in [5.74, 6) is -0.135. The molecule has 0 aliphatic rings. The van der Waals surface area contributed by atoms with E-state index in [9.17, 15) is 2.74 Å². The van der Waals surface area contributed by atoms with Crippen LogP contribution in [0.4, 0.5) is 0 Å². The quantitative estimate of drug-likeness (QED) is 0.175. The van der Waals surface area contributed by atoms with Crippen LogP contribution in [0.5, 0.6) is 0 Å². The fourth-order valence-corrected chi connectivity index (χ4v) is 7.79. The number of para-hydroxylation sites is 2. The Morgan fingerprint density at radius 1 is 0.379 bits per heavy atom. The lowest BCUT2D eigenvalue weighted by Gasteiger charge is -2.12. The van der Waals surface area contributed by atoms with Gasteiger partial charge < -0.3 is 8.83 Å². The molecule has 0 radical (unpaired) electrons. The molecule has 0 bridgehead atoms.